The zero-order chi connectivity index (χ0) is 13.6. The van der Waals surface area contributed by atoms with Gasteiger partial charge in [0.05, 0.1) is 12.9 Å². The minimum atomic E-state index is -1.67. The lowest BCUT2D eigenvalue weighted by Crippen LogP contribution is -2.29. The van der Waals surface area contributed by atoms with Crippen molar-refractivity contribution in [3.8, 4) is 0 Å². The number of aliphatic hydroxyl groups excluding tert-OH is 2. The van der Waals surface area contributed by atoms with Gasteiger partial charge in [-0.2, -0.15) is 0 Å². The molecule has 0 amide bonds. The first-order valence-corrected chi connectivity index (χ1v) is 5.65. The molecule has 9 heteroatoms. The smallest absolute Gasteiger partial charge is 0.167 e. The molecule has 1 aliphatic heterocycles. The predicted octanol–water partition coefficient (Wildman–Crippen LogP) is -1.00. The molecule has 4 N–H and O–H groups in total. The van der Waals surface area contributed by atoms with Crippen molar-refractivity contribution in [2.45, 2.75) is 24.6 Å². The van der Waals surface area contributed by atoms with E-state index in [1.54, 1.807) is 0 Å². The monoisotopic (exact) mass is 269 g/mol. The number of rotatable bonds is 2. The number of ether oxygens (including phenoxy) is 1. The summed E-state index contributed by atoms with van der Waals surface area (Å²) in [7, 11) is 0. The number of aromatic nitrogens is 4. The number of hydrogen-bond acceptors (Lipinski definition) is 7. The van der Waals surface area contributed by atoms with Crippen LogP contribution in [-0.2, 0) is 4.74 Å². The molecule has 1 saturated heterocycles. The Labute approximate surface area is 106 Å². The molecule has 19 heavy (non-hydrogen) atoms. The van der Waals surface area contributed by atoms with E-state index < -0.39 is 31.2 Å². The van der Waals surface area contributed by atoms with Crippen molar-refractivity contribution < 1.29 is 19.3 Å². The largest absolute Gasteiger partial charge is 0.394 e. The van der Waals surface area contributed by atoms with Crippen LogP contribution in [0.25, 0.3) is 11.2 Å². The Morgan fingerprint density at radius 2 is 2.21 bits per heavy atom. The van der Waals surface area contributed by atoms with Gasteiger partial charge in [0, 0.05) is 0 Å². The number of alkyl halides is 1. The predicted molar refractivity (Wildman–Crippen MR) is 61.6 cm³/mol. The van der Waals surface area contributed by atoms with Crippen molar-refractivity contribution in [2.24, 2.45) is 0 Å². The van der Waals surface area contributed by atoms with Gasteiger partial charge in [0.15, 0.2) is 23.9 Å². The van der Waals surface area contributed by atoms with Gasteiger partial charge in [0.25, 0.3) is 0 Å². The molecule has 1 fully saturated rings. The Morgan fingerprint density at radius 1 is 1.42 bits per heavy atom. The van der Waals surface area contributed by atoms with Crippen molar-refractivity contribution >= 4 is 17.0 Å². The van der Waals surface area contributed by atoms with Crippen LogP contribution >= 0.6 is 0 Å². The number of imidazole rings is 1. The van der Waals surface area contributed by atoms with Gasteiger partial charge in [-0.1, -0.05) is 0 Å². The van der Waals surface area contributed by atoms with E-state index in [2.05, 4.69) is 15.0 Å². The van der Waals surface area contributed by atoms with E-state index in [1.165, 1.54) is 17.2 Å². The summed E-state index contributed by atoms with van der Waals surface area (Å²) in [5.74, 6) is 0.187. The fourth-order valence-corrected chi connectivity index (χ4v) is 2.14. The third-order valence-corrected chi connectivity index (χ3v) is 3.13. The quantitative estimate of drug-likeness (QED) is 0.639. The molecule has 3 rings (SSSR count). The maximum absolute atomic E-state index is 13.7. The molecule has 8 nitrogen and oxygen atoms in total. The molecule has 0 aliphatic carbocycles. The average Bonchev–Trinajstić information content (AvgIpc) is 2.94. The van der Waals surface area contributed by atoms with E-state index in [-0.39, 0.29) is 5.82 Å². The Balaban J connectivity index is 2.04. The van der Waals surface area contributed by atoms with Crippen LogP contribution in [0.4, 0.5) is 10.2 Å². The summed E-state index contributed by atoms with van der Waals surface area (Å²) in [5, 5.41) is 18.8. The van der Waals surface area contributed by atoms with E-state index in [1.807, 2.05) is 0 Å². The van der Waals surface area contributed by atoms with E-state index in [0.29, 0.717) is 11.2 Å². The topological polar surface area (TPSA) is 119 Å². The van der Waals surface area contributed by atoms with Gasteiger partial charge >= 0.3 is 0 Å². The SMILES string of the molecule is Nc1ncnc2c1ncn2[C@@H]1O[C@H](CO)[C@@H](F)[C@@H]1O. The van der Waals surface area contributed by atoms with E-state index in [0.717, 1.165) is 0 Å². The number of halogens is 1. The standard InChI is InChI=1S/C10H12FN5O3/c11-5-4(1-17)19-10(7(5)18)16-3-15-6-8(12)13-2-14-9(6)16/h2-5,7,10,17-18H,1H2,(H2,12,13,14)/t4-,5-,7+,10-/m1/s1. The number of hydrogen-bond donors (Lipinski definition) is 3. The molecule has 4 atom stereocenters. The van der Waals surface area contributed by atoms with Gasteiger partial charge in [-0.3, -0.25) is 4.57 Å². The molecular weight excluding hydrogens is 257 g/mol. The number of nitrogens with two attached hydrogens (primary N) is 1. The van der Waals surface area contributed by atoms with E-state index >= 15 is 0 Å². The highest BCUT2D eigenvalue weighted by Crippen LogP contribution is 2.33. The highest BCUT2D eigenvalue weighted by molar-refractivity contribution is 5.81. The summed E-state index contributed by atoms with van der Waals surface area (Å²) in [6.45, 7) is -0.515. The van der Waals surface area contributed by atoms with Gasteiger partial charge in [-0.05, 0) is 0 Å². The number of nitrogen functional groups attached to an aromatic ring is 1. The van der Waals surface area contributed by atoms with Crippen molar-refractivity contribution in [1.82, 2.24) is 19.5 Å². The second kappa shape index (κ2) is 4.37. The van der Waals surface area contributed by atoms with Crippen LogP contribution in [0.15, 0.2) is 12.7 Å². The van der Waals surface area contributed by atoms with Crippen molar-refractivity contribution in [2.75, 3.05) is 12.3 Å². The van der Waals surface area contributed by atoms with Gasteiger partial charge in [0.2, 0.25) is 0 Å². The van der Waals surface area contributed by atoms with Crippen LogP contribution < -0.4 is 5.73 Å². The third kappa shape index (κ3) is 1.74. The first-order chi connectivity index (χ1) is 9.13. The van der Waals surface area contributed by atoms with Crippen molar-refractivity contribution in [3.05, 3.63) is 12.7 Å². The maximum Gasteiger partial charge on any atom is 0.167 e. The Bertz CT molecular complexity index is 606. The molecule has 0 aromatic carbocycles. The molecule has 1 aliphatic rings. The molecule has 3 heterocycles. The summed E-state index contributed by atoms with van der Waals surface area (Å²) >= 11 is 0. The lowest BCUT2D eigenvalue weighted by atomic mass is 10.1. The van der Waals surface area contributed by atoms with Crippen LogP contribution in [0.1, 0.15) is 6.23 Å². The Morgan fingerprint density at radius 3 is 2.89 bits per heavy atom. The Kier molecular flexibility index (Phi) is 2.81. The lowest BCUT2D eigenvalue weighted by Gasteiger charge is -2.15. The van der Waals surface area contributed by atoms with Crippen molar-refractivity contribution in [1.29, 1.82) is 0 Å². The second-order valence-corrected chi connectivity index (χ2v) is 4.27. The average molecular weight is 269 g/mol. The molecule has 0 bridgehead atoms. The molecule has 0 spiro atoms. The molecule has 0 saturated carbocycles. The highest BCUT2D eigenvalue weighted by atomic mass is 19.1. The summed E-state index contributed by atoms with van der Waals surface area (Å²) in [5.41, 5.74) is 6.32. The fourth-order valence-electron chi connectivity index (χ4n) is 2.14. The third-order valence-electron chi connectivity index (χ3n) is 3.13. The van der Waals surface area contributed by atoms with E-state index in [9.17, 15) is 9.50 Å². The lowest BCUT2D eigenvalue weighted by molar-refractivity contribution is -0.0495. The van der Waals surface area contributed by atoms with Crippen LogP contribution in [-0.4, -0.2) is 54.7 Å². The zero-order valence-electron chi connectivity index (χ0n) is 9.72. The minimum absolute atomic E-state index is 0.187. The normalized spacial score (nSPS) is 31.1. The Hall–Kier alpha value is -1.84. The minimum Gasteiger partial charge on any atom is -0.394 e. The van der Waals surface area contributed by atoms with Crippen LogP contribution in [0.3, 0.4) is 0 Å². The highest BCUT2D eigenvalue weighted by Gasteiger charge is 2.45. The number of anilines is 1. The molecule has 2 aromatic heterocycles. The van der Waals surface area contributed by atoms with Gasteiger partial charge in [0.1, 0.15) is 24.1 Å². The summed E-state index contributed by atoms with van der Waals surface area (Å²) in [6.07, 6.45) is -2.58. The molecule has 102 valence electrons. The summed E-state index contributed by atoms with van der Waals surface area (Å²) < 4.78 is 20.3. The first-order valence-electron chi connectivity index (χ1n) is 5.65. The molecule has 0 radical (unpaired) electrons. The van der Waals surface area contributed by atoms with Crippen LogP contribution in [0, 0.1) is 0 Å². The zero-order valence-corrected chi connectivity index (χ0v) is 9.72. The second-order valence-electron chi connectivity index (χ2n) is 4.27. The number of nitrogens with zero attached hydrogens (tertiary/aromatic N) is 4. The van der Waals surface area contributed by atoms with Crippen LogP contribution in [0.2, 0.25) is 0 Å². The summed E-state index contributed by atoms with van der Waals surface area (Å²) in [4.78, 5) is 11.8. The van der Waals surface area contributed by atoms with E-state index in [4.69, 9.17) is 15.6 Å². The van der Waals surface area contributed by atoms with Crippen molar-refractivity contribution in [3.63, 3.8) is 0 Å². The number of fused-ring (bicyclic) bond motifs is 1. The van der Waals surface area contributed by atoms with Crippen LogP contribution in [0.5, 0.6) is 0 Å². The number of aliphatic hydroxyl groups is 2. The van der Waals surface area contributed by atoms with Gasteiger partial charge in [-0.25, -0.2) is 19.3 Å². The molecular formula is C10H12FN5O3. The van der Waals surface area contributed by atoms with Gasteiger partial charge < -0.3 is 20.7 Å². The van der Waals surface area contributed by atoms with Gasteiger partial charge in [-0.15, -0.1) is 0 Å². The summed E-state index contributed by atoms with van der Waals surface area (Å²) in [6, 6.07) is 0. The molecule has 0 unspecified atom stereocenters. The fraction of sp³-hybridized carbons (Fsp3) is 0.500. The maximum atomic E-state index is 13.7. The molecule has 2 aromatic rings. The first kappa shape index (κ1) is 12.2.